The van der Waals surface area contributed by atoms with Crippen molar-refractivity contribution in [2.24, 2.45) is 0 Å². The smallest absolute Gasteiger partial charge is 0.261 e. The van der Waals surface area contributed by atoms with Crippen molar-refractivity contribution >= 4 is 22.5 Å². The molecule has 0 atom stereocenters. The normalized spacial score (nSPS) is 13.4. The molecule has 0 N–H and O–H groups in total. The maximum atomic E-state index is 13.2. The first kappa shape index (κ1) is 17.4. The van der Waals surface area contributed by atoms with Gasteiger partial charge in [-0.15, -0.1) is 0 Å². The van der Waals surface area contributed by atoms with Crippen LogP contribution in [0.1, 0.15) is 35.9 Å². The van der Waals surface area contributed by atoms with E-state index in [9.17, 15) is 14.0 Å². The molecule has 0 unspecified atom stereocenters. The van der Waals surface area contributed by atoms with Crippen LogP contribution < -0.4 is 10.5 Å². The van der Waals surface area contributed by atoms with Crippen LogP contribution in [0.5, 0.6) is 0 Å². The van der Waals surface area contributed by atoms with Gasteiger partial charge in [0.25, 0.3) is 11.5 Å². The lowest BCUT2D eigenvalue weighted by Crippen LogP contribution is -2.31. The van der Waals surface area contributed by atoms with E-state index in [2.05, 4.69) is 4.98 Å². The highest BCUT2D eigenvalue weighted by Crippen LogP contribution is 2.20. The van der Waals surface area contributed by atoms with Gasteiger partial charge in [-0.1, -0.05) is 0 Å². The molecule has 0 saturated heterocycles. The van der Waals surface area contributed by atoms with Gasteiger partial charge in [-0.25, -0.2) is 9.37 Å². The zero-order valence-electron chi connectivity index (χ0n) is 15.1. The molecular weight excluding hydrogens is 345 g/mol. The minimum atomic E-state index is -0.345. The van der Waals surface area contributed by atoms with E-state index in [4.69, 9.17) is 0 Å². The Labute approximate surface area is 156 Å². The maximum Gasteiger partial charge on any atom is 0.261 e. The molecule has 27 heavy (non-hydrogen) atoms. The van der Waals surface area contributed by atoms with Gasteiger partial charge < -0.3 is 4.90 Å². The second kappa shape index (κ2) is 6.95. The van der Waals surface area contributed by atoms with Crippen molar-refractivity contribution in [3.05, 3.63) is 70.0 Å². The molecule has 1 aromatic heterocycles. The van der Waals surface area contributed by atoms with Crippen LogP contribution in [0.15, 0.2) is 47.3 Å². The van der Waals surface area contributed by atoms with Gasteiger partial charge in [-0.3, -0.25) is 14.2 Å². The molecule has 1 aliphatic heterocycles. The highest BCUT2D eigenvalue weighted by atomic mass is 19.1. The summed E-state index contributed by atoms with van der Waals surface area (Å²) in [5.74, 6) is 0.238. The lowest BCUT2D eigenvalue weighted by Gasteiger charge is -2.22. The van der Waals surface area contributed by atoms with Crippen LogP contribution in [0.3, 0.4) is 0 Å². The zero-order valence-corrected chi connectivity index (χ0v) is 15.1. The fraction of sp³-hybridized carbons (Fsp3) is 0.286. The first-order valence-electron chi connectivity index (χ1n) is 9.19. The van der Waals surface area contributed by atoms with E-state index in [1.807, 2.05) is 6.92 Å². The van der Waals surface area contributed by atoms with Crippen LogP contribution >= 0.6 is 0 Å². The van der Waals surface area contributed by atoms with Crippen LogP contribution in [-0.4, -0.2) is 22.0 Å². The topological polar surface area (TPSA) is 55.2 Å². The third-order valence-electron chi connectivity index (χ3n) is 5.01. The lowest BCUT2D eigenvalue weighted by atomic mass is 10.1. The van der Waals surface area contributed by atoms with Crippen molar-refractivity contribution in [3.8, 4) is 0 Å². The first-order chi connectivity index (χ1) is 13.1. The third-order valence-corrected chi connectivity index (χ3v) is 5.01. The highest BCUT2D eigenvalue weighted by molar-refractivity contribution is 6.07. The third kappa shape index (κ3) is 3.12. The Morgan fingerprint density at radius 3 is 2.70 bits per heavy atom. The van der Waals surface area contributed by atoms with E-state index >= 15 is 0 Å². The zero-order chi connectivity index (χ0) is 19.0. The van der Waals surface area contributed by atoms with Crippen LogP contribution in [0.25, 0.3) is 10.9 Å². The number of aryl methyl sites for hydroxylation is 1. The van der Waals surface area contributed by atoms with Crippen LogP contribution in [0.2, 0.25) is 0 Å². The predicted octanol–water partition coefficient (Wildman–Crippen LogP) is 3.54. The van der Waals surface area contributed by atoms with Crippen molar-refractivity contribution in [1.82, 2.24) is 9.55 Å². The molecule has 0 radical (unpaired) electrons. The number of rotatable bonds is 3. The summed E-state index contributed by atoms with van der Waals surface area (Å²) in [4.78, 5) is 31.9. The van der Waals surface area contributed by atoms with Crippen LogP contribution in [0.4, 0.5) is 10.1 Å². The molecule has 0 fully saturated rings. The summed E-state index contributed by atoms with van der Waals surface area (Å²) in [5.41, 5.74) is 1.59. The van der Waals surface area contributed by atoms with Crippen molar-refractivity contribution in [1.29, 1.82) is 0 Å². The molecule has 1 amide bonds. The Hall–Kier alpha value is -3.02. The summed E-state index contributed by atoms with van der Waals surface area (Å²) < 4.78 is 14.9. The molecule has 0 aliphatic carbocycles. The number of carbonyl (C=O) groups is 1. The van der Waals surface area contributed by atoms with E-state index in [1.54, 1.807) is 39.8 Å². The lowest BCUT2D eigenvalue weighted by molar-refractivity contribution is 0.0988. The van der Waals surface area contributed by atoms with Crippen molar-refractivity contribution in [3.63, 3.8) is 0 Å². The number of hydrogen-bond acceptors (Lipinski definition) is 3. The van der Waals surface area contributed by atoms with Crippen LogP contribution in [-0.2, 0) is 13.0 Å². The number of hydrogen-bond donors (Lipinski definition) is 0. The van der Waals surface area contributed by atoms with Crippen molar-refractivity contribution in [2.45, 2.75) is 32.7 Å². The predicted molar refractivity (Wildman–Crippen MR) is 103 cm³/mol. The number of benzene rings is 2. The van der Waals surface area contributed by atoms with Gasteiger partial charge >= 0.3 is 0 Å². The number of amides is 1. The van der Waals surface area contributed by atoms with Gasteiger partial charge in [0.1, 0.15) is 11.6 Å². The van der Waals surface area contributed by atoms with Gasteiger partial charge in [0.15, 0.2) is 0 Å². The summed E-state index contributed by atoms with van der Waals surface area (Å²) in [6, 6.07) is 10.9. The molecule has 5 nitrogen and oxygen atoms in total. The average Bonchev–Trinajstić information content (AvgIpc) is 2.69. The Morgan fingerprint density at radius 2 is 1.96 bits per heavy atom. The molecule has 3 aromatic rings. The molecule has 138 valence electrons. The van der Waals surface area contributed by atoms with E-state index in [0.29, 0.717) is 35.2 Å². The quantitative estimate of drug-likeness (QED) is 0.713. The Balaban J connectivity index is 1.75. The summed E-state index contributed by atoms with van der Waals surface area (Å²) in [6.07, 6.45) is 2.78. The van der Waals surface area contributed by atoms with Crippen molar-refractivity contribution in [2.75, 3.05) is 11.4 Å². The number of anilines is 1. The molecule has 2 heterocycles. The monoisotopic (exact) mass is 365 g/mol. The van der Waals surface area contributed by atoms with Gasteiger partial charge in [0, 0.05) is 30.8 Å². The number of carbonyl (C=O) groups excluding carboxylic acids is 1. The number of nitrogens with zero attached hydrogens (tertiary/aromatic N) is 3. The molecule has 2 aromatic carbocycles. The SMILES string of the molecule is CCN(C(=O)c1ccc2c(=O)n3c(nc2c1)CCCC3)c1ccc(F)cc1. The molecular formula is C21H20FN3O2. The van der Waals surface area contributed by atoms with Gasteiger partial charge in [-0.2, -0.15) is 0 Å². The molecule has 4 rings (SSSR count). The van der Waals surface area contributed by atoms with E-state index in [1.165, 1.54) is 12.1 Å². The largest absolute Gasteiger partial charge is 0.309 e. The summed E-state index contributed by atoms with van der Waals surface area (Å²) in [5, 5.41) is 0.530. The summed E-state index contributed by atoms with van der Waals surface area (Å²) >= 11 is 0. The van der Waals surface area contributed by atoms with Crippen LogP contribution in [0, 0.1) is 5.82 Å². The summed E-state index contributed by atoms with van der Waals surface area (Å²) in [6.45, 7) is 3.01. The van der Waals surface area contributed by atoms with E-state index < -0.39 is 0 Å². The first-order valence-corrected chi connectivity index (χ1v) is 9.19. The van der Waals surface area contributed by atoms with E-state index in [0.717, 1.165) is 25.1 Å². The molecule has 6 heteroatoms. The number of fused-ring (bicyclic) bond motifs is 2. The Morgan fingerprint density at radius 1 is 1.19 bits per heavy atom. The standard InChI is InChI=1S/C21H20FN3O2/c1-2-24(16-9-7-15(22)8-10-16)20(26)14-6-11-17-18(13-14)23-19-5-3-4-12-25(19)21(17)27/h6-11,13H,2-5,12H2,1H3. The molecule has 1 aliphatic rings. The van der Waals surface area contributed by atoms with Gasteiger partial charge in [-0.05, 0) is 62.2 Å². The maximum absolute atomic E-state index is 13.2. The van der Waals surface area contributed by atoms with Crippen molar-refractivity contribution < 1.29 is 9.18 Å². The fourth-order valence-corrected chi connectivity index (χ4v) is 3.59. The average molecular weight is 365 g/mol. The number of halogens is 1. The second-order valence-corrected chi connectivity index (χ2v) is 6.70. The van der Waals surface area contributed by atoms with Gasteiger partial charge in [0.2, 0.25) is 0 Å². The van der Waals surface area contributed by atoms with E-state index in [-0.39, 0.29) is 17.3 Å². The minimum Gasteiger partial charge on any atom is -0.309 e. The Bertz CT molecular complexity index is 1070. The Kier molecular flexibility index (Phi) is 4.48. The highest BCUT2D eigenvalue weighted by Gasteiger charge is 2.19. The molecule has 0 saturated carbocycles. The minimum absolute atomic E-state index is 0.0421. The second-order valence-electron chi connectivity index (χ2n) is 6.70. The molecule has 0 bridgehead atoms. The number of aromatic nitrogens is 2. The van der Waals surface area contributed by atoms with Gasteiger partial charge in [0.05, 0.1) is 10.9 Å². The fourth-order valence-electron chi connectivity index (χ4n) is 3.59. The summed E-state index contributed by atoms with van der Waals surface area (Å²) in [7, 11) is 0. The molecule has 0 spiro atoms.